The Morgan fingerprint density at radius 3 is 2.16 bits per heavy atom. The highest BCUT2D eigenvalue weighted by molar-refractivity contribution is 7.92. The third-order valence-electron chi connectivity index (χ3n) is 5.16. The Kier molecular flexibility index (Phi) is 8.77. The first-order valence-corrected chi connectivity index (χ1v) is 12.2. The summed E-state index contributed by atoms with van der Waals surface area (Å²) in [5, 5.41) is 2.85. The van der Waals surface area contributed by atoms with Crippen LogP contribution in [-0.2, 0) is 26.2 Å². The Labute approximate surface area is 189 Å². The summed E-state index contributed by atoms with van der Waals surface area (Å²) >= 11 is 0. The van der Waals surface area contributed by atoms with Gasteiger partial charge in [-0.05, 0) is 50.1 Å². The topological polar surface area (TPSA) is 86.8 Å². The number of para-hydroxylation sites is 1. The van der Waals surface area contributed by atoms with Crippen LogP contribution < -0.4 is 9.62 Å². The zero-order valence-electron chi connectivity index (χ0n) is 18.8. The molecule has 0 saturated heterocycles. The van der Waals surface area contributed by atoms with Crippen molar-refractivity contribution < 1.29 is 22.4 Å². The van der Waals surface area contributed by atoms with Crippen LogP contribution in [0.5, 0.6) is 0 Å². The van der Waals surface area contributed by atoms with E-state index < -0.39 is 34.3 Å². The molecular weight excluding hydrogens is 433 g/mol. The number of carbonyl (C=O) groups excluding carboxylic acids is 2. The molecule has 0 spiro atoms. The van der Waals surface area contributed by atoms with E-state index in [1.165, 1.54) is 29.2 Å². The lowest BCUT2D eigenvalue weighted by Crippen LogP contribution is -2.52. The van der Waals surface area contributed by atoms with E-state index in [4.69, 9.17) is 0 Å². The van der Waals surface area contributed by atoms with E-state index in [1.54, 1.807) is 37.3 Å². The summed E-state index contributed by atoms with van der Waals surface area (Å²) in [6.07, 6.45) is 1.75. The number of nitrogens with zero attached hydrogens (tertiary/aromatic N) is 2. The van der Waals surface area contributed by atoms with Gasteiger partial charge < -0.3 is 10.2 Å². The van der Waals surface area contributed by atoms with Crippen LogP contribution in [0, 0.1) is 5.82 Å². The fraction of sp³-hybridized carbons (Fsp3) is 0.391. The van der Waals surface area contributed by atoms with Gasteiger partial charge in [0.05, 0.1) is 11.9 Å². The van der Waals surface area contributed by atoms with Gasteiger partial charge in [0.25, 0.3) is 0 Å². The summed E-state index contributed by atoms with van der Waals surface area (Å²) in [5.74, 6) is -1.31. The Morgan fingerprint density at radius 2 is 1.62 bits per heavy atom. The maximum absolute atomic E-state index is 13.3. The van der Waals surface area contributed by atoms with Gasteiger partial charge in [-0.3, -0.25) is 13.9 Å². The van der Waals surface area contributed by atoms with Crippen molar-refractivity contribution in [1.29, 1.82) is 0 Å². The van der Waals surface area contributed by atoms with Gasteiger partial charge in [-0.1, -0.05) is 37.3 Å². The molecular formula is C23H30FN3O4S. The number of nitrogens with one attached hydrogen (secondary N) is 1. The highest BCUT2D eigenvalue weighted by atomic mass is 32.2. The molecule has 0 radical (unpaired) electrons. The largest absolute Gasteiger partial charge is 0.352 e. The molecule has 0 aromatic heterocycles. The molecule has 174 valence electrons. The first-order valence-electron chi connectivity index (χ1n) is 10.4. The van der Waals surface area contributed by atoms with Crippen molar-refractivity contribution in [3.05, 3.63) is 66.0 Å². The van der Waals surface area contributed by atoms with Gasteiger partial charge in [0.1, 0.15) is 18.4 Å². The van der Waals surface area contributed by atoms with Gasteiger partial charge in [0.15, 0.2) is 0 Å². The quantitative estimate of drug-likeness (QED) is 0.587. The van der Waals surface area contributed by atoms with E-state index in [1.807, 2.05) is 13.8 Å². The number of anilines is 1. The molecule has 7 nitrogen and oxygen atoms in total. The Bertz CT molecular complexity index is 1010. The Hall–Kier alpha value is -2.94. The molecule has 2 aromatic carbocycles. The van der Waals surface area contributed by atoms with Crippen LogP contribution in [0.15, 0.2) is 54.6 Å². The van der Waals surface area contributed by atoms with E-state index in [-0.39, 0.29) is 18.5 Å². The second kappa shape index (κ2) is 11.1. The number of hydrogen-bond donors (Lipinski definition) is 1. The molecule has 2 atom stereocenters. The first-order chi connectivity index (χ1) is 15.0. The van der Waals surface area contributed by atoms with E-state index in [2.05, 4.69) is 5.32 Å². The summed E-state index contributed by atoms with van der Waals surface area (Å²) in [5.41, 5.74) is 0.968. The molecule has 0 aliphatic rings. The number of hydrogen-bond acceptors (Lipinski definition) is 4. The first kappa shape index (κ1) is 25.3. The third-order valence-corrected chi connectivity index (χ3v) is 6.30. The monoisotopic (exact) mass is 463 g/mol. The normalized spacial score (nSPS) is 13.2. The van der Waals surface area contributed by atoms with E-state index in [0.717, 1.165) is 17.0 Å². The number of rotatable bonds is 10. The van der Waals surface area contributed by atoms with Crippen LogP contribution in [0.1, 0.15) is 32.8 Å². The Morgan fingerprint density at radius 1 is 1.03 bits per heavy atom. The predicted octanol–water partition coefficient (Wildman–Crippen LogP) is 2.92. The van der Waals surface area contributed by atoms with Crippen LogP contribution in [0.4, 0.5) is 10.1 Å². The Balaban J connectivity index is 2.34. The van der Waals surface area contributed by atoms with E-state index in [0.29, 0.717) is 11.3 Å². The van der Waals surface area contributed by atoms with Crippen molar-refractivity contribution in [2.24, 2.45) is 0 Å². The highest BCUT2D eigenvalue weighted by Gasteiger charge is 2.30. The number of sulfonamides is 1. The fourth-order valence-corrected chi connectivity index (χ4v) is 3.89. The van der Waals surface area contributed by atoms with Crippen molar-refractivity contribution in [3.8, 4) is 0 Å². The highest BCUT2D eigenvalue weighted by Crippen LogP contribution is 2.18. The standard InChI is InChI=1S/C23H30FN3O4S/c1-5-17(2)25-23(29)18(3)26(15-19-11-13-20(24)14-12-19)22(28)16-27(32(4,30)31)21-9-7-6-8-10-21/h6-14,17-18H,5,15-16H2,1-4H3,(H,25,29)/t17-,18+/m0/s1. The lowest BCUT2D eigenvalue weighted by molar-refractivity contribution is -0.139. The van der Waals surface area contributed by atoms with Gasteiger partial charge in [0.2, 0.25) is 21.8 Å². The molecule has 2 rings (SSSR count). The molecule has 9 heteroatoms. The average Bonchev–Trinajstić information content (AvgIpc) is 2.76. The number of amides is 2. The molecule has 1 N–H and O–H groups in total. The smallest absolute Gasteiger partial charge is 0.244 e. The molecule has 0 saturated carbocycles. The van der Waals surface area contributed by atoms with E-state index in [9.17, 15) is 22.4 Å². The maximum atomic E-state index is 13.3. The summed E-state index contributed by atoms with van der Waals surface area (Å²) in [6, 6.07) is 12.9. The summed E-state index contributed by atoms with van der Waals surface area (Å²) < 4.78 is 39.1. The second-order valence-corrected chi connectivity index (χ2v) is 9.65. The molecule has 0 fully saturated rings. The molecule has 0 unspecified atom stereocenters. The molecule has 0 heterocycles. The summed E-state index contributed by atoms with van der Waals surface area (Å²) in [4.78, 5) is 27.4. The second-order valence-electron chi connectivity index (χ2n) is 7.75. The fourth-order valence-electron chi connectivity index (χ4n) is 3.04. The van der Waals surface area contributed by atoms with Gasteiger partial charge >= 0.3 is 0 Å². The average molecular weight is 464 g/mol. The van der Waals surface area contributed by atoms with Gasteiger partial charge in [-0.25, -0.2) is 12.8 Å². The third kappa shape index (κ3) is 7.05. The van der Waals surface area contributed by atoms with E-state index >= 15 is 0 Å². The maximum Gasteiger partial charge on any atom is 0.244 e. The number of halogens is 1. The minimum Gasteiger partial charge on any atom is -0.352 e. The lowest BCUT2D eigenvalue weighted by Gasteiger charge is -2.32. The molecule has 0 aliphatic heterocycles. The molecule has 2 amide bonds. The minimum atomic E-state index is -3.76. The SMILES string of the molecule is CC[C@H](C)NC(=O)[C@@H](C)N(Cc1ccc(F)cc1)C(=O)CN(c1ccccc1)S(C)(=O)=O. The van der Waals surface area contributed by atoms with Crippen molar-refractivity contribution in [2.45, 2.75) is 45.8 Å². The van der Waals surface area contributed by atoms with Crippen LogP contribution >= 0.6 is 0 Å². The van der Waals surface area contributed by atoms with Crippen molar-refractivity contribution in [2.75, 3.05) is 17.1 Å². The van der Waals surface area contributed by atoms with Crippen molar-refractivity contribution >= 4 is 27.5 Å². The van der Waals surface area contributed by atoms with Crippen LogP contribution in [-0.4, -0.2) is 50.0 Å². The number of benzene rings is 2. The molecule has 32 heavy (non-hydrogen) atoms. The van der Waals surface area contributed by atoms with Gasteiger partial charge in [-0.2, -0.15) is 0 Å². The van der Waals surface area contributed by atoms with Crippen LogP contribution in [0.25, 0.3) is 0 Å². The molecule has 0 aliphatic carbocycles. The summed E-state index contributed by atoms with van der Waals surface area (Å²) in [7, 11) is -3.76. The van der Waals surface area contributed by atoms with Gasteiger partial charge in [0, 0.05) is 12.6 Å². The molecule has 2 aromatic rings. The number of carbonyl (C=O) groups is 2. The van der Waals surface area contributed by atoms with Crippen LogP contribution in [0.3, 0.4) is 0 Å². The minimum absolute atomic E-state index is 0.0284. The van der Waals surface area contributed by atoms with Crippen LogP contribution in [0.2, 0.25) is 0 Å². The zero-order valence-corrected chi connectivity index (χ0v) is 19.6. The zero-order chi connectivity index (χ0) is 23.9. The van der Waals surface area contributed by atoms with Gasteiger partial charge in [-0.15, -0.1) is 0 Å². The molecule has 0 bridgehead atoms. The predicted molar refractivity (Wildman–Crippen MR) is 123 cm³/mol. The summed E-state index contributed by atoms with van der Waals surface area (Å²) in [6.45, 7) is 4.94. The van der Waals surface area contributed by atoms with Crippen molar-refractivity contribution in [1.82, 2.24) is 10.2 Å². The van der Waals surface area contributed by atoms with Crippen molar-refractivity contribution in [3.63, 3.8) is 0 Å². The lowest BCUT2D eigenvalue weighted by atomic mass is 10.1.